The second-order valence-corrected chi connectivity index (χ2v) is 5.89. The molecule has 2 rings (SSSR count). The van der Waals surface area contributed by atoms with Gasteiger partial charge in [0.05, 0.1) is 18.1 Å². The molecule has 21 heavy (non-hydrogen) atoms. The number of hydrogen-bond acceptors (Lipinski definition) is 3. The quantitative estimate of drug-likeness (QED) is 0.767. The molecular formula is C16H21NO4. The van der Waals surface area contributed by atoms with Crippen molar-refractivity contribution in [3.63, 3.8) is 0 Å². The van der Waals surface area contributed by atoms with Gasteiger partial charge in [0.2, 0.25) is 5.91 Å². The molecule has 3 N–H and O–H groups in total. The minimum Gasteiger partial charge on any atom is -0.481 e. The number of carbonyl (C=O) groups is 2. The number of amides is 1. The fourth-order valence-electron chi connectivity index (χ4n) is 2.83. The summed E-state index contributed by atoms with van der Waals surface area (Å²) in [6.45, 7) is 1.56. The Hall–Kier alpha value is -1.88. The van der Waals surface area contributed by atoms with E-state index in [9.17, 15) is 14.7 Å². The highest BCUT2D eigenvalue weighted by Crippen LogP contribution is 2.32. The zero-order valence-electron chi connectivity index (χ0n) is 12.1. The molecule has 0 bridgehead atoms. The highest BCUT2D eigenvalue weighted by molar-refractivity contribution is 5.81. The number of aliphatic carboxylic acids is 1. The molecule has 1 aliphatic rings. The van der Waals surface area contributed by atoms with Gasteiger partial charge in [-0.15, -0.1) is 0 Å². The van der Waals surface area contributed by atoms with E-state index < -0.39 is 17.4 Å². The first-order chi connectivity index (χ1) is 9.96. The summed E-state index contributed by atoms with van der Waals surface area (Å²) in [7, 11) is 0. The van der Waals surface area contributed by atoms with E-state index in [1.807, 2.05) is 30.3 Å². The van der Waals surface area contributed by atoms with Gasteiger partial charge in [0.15, 0.2) is 0 Å². The SMILES string of the molecule is CC(CO)(NC(=O)C1CCC(C(=O)O)C1)c1ccccc1. The van der Waals surface area contributed by atoms with Gasteiger partial charge in [-0.05, 0) is 31.7 Å². The standard InChI is InChI=1S/C16H21NO4/c1-16(10-18,13-5-3-2-4-6-13)17-14(19)11-7-8-12(9-11)15(20)21/h2-6,11-12,18H,7-10H2,1H3,(H,17,19)(H,20,21). The molecule has 0 radical (unpaired) electrons. The molecule has 1 fully saturated rings. The maximum absolute atomic E-state index is 12.3. The second kappa shape index (κ2) is 6.26. The summed E-state index contributed by atoms with van der Waals surface area (Å²) in [6, 6.07) is 9.28. The largest absolute Gasteiger partial charge is 0.481 e. The number of benzene rings is 1. The summed E-state index contributed by atoms with van der Waals surface area (Å²) in [5.41, 5.74) is -0.0201. The number of carboxylic acid groups (broad SMARTS) is 1. The molecule has 3 unspecified atom stereocenters. The normalized spacial score (nSPS) is 24.3. The molecule has 1 saturated carbocycles. The van der Waals surface area contributed by atoms with Crippen molar-refractivity contribution >= 4 is 11.9 Å². The molecule has 0 spiro atoms. The van der Waals surface area contributed by atoms with Crippen LogP contribution in [0.5, 0.6) is 0 Å². The molecule has 1 aliphatic carbocycles. The monoisotopic (exact) mass is 291 g/mol. The Labute approximate surface area is 124 Å². The van der Waals surface area contributed by atoms with Crippen molar-refractivity contribution in [2.75, 3.05) is 6.61 Å². The second-order valence-electron chi connectivity index (χ2n) is 5.89. The lowest BCUT2D eigenvalue weighted by Gasteiger charge is -2.30. The van der Waals surface area contributed by atoms with Crippen LogP contribution in [0, 0.1) is 11.8 Å². The minimum absolute atomic E-state index is 0.181. The Morgan fingerprint density at radius 3 is 2.38 bits per heavy atom. The van der Waals surface area contributed by atoms with E-state index in [0.717, 1.165) is 5.56 Å². The van der Waals surface area contributed by atoms with Crippen LogP contribution in [0.3, 0.4) is 0 Å². The average molecular weight is 291 g/mol. The molecule has 0 aliphatic heterocycles. The van der Waals surface area contributed by atoms with Crippen molar-refractivity contribution in [1.29, 1.82) is 0 Å². The number of nitrogens with one attached hydrogen (secondary N) is 1. The van der Waals surface area contributed by atoms with Crippen LogP contribution in [0.1, 0.15) is 31.7 Å². The van der Waals surface area contributed by atoms with Crippen molar-refractivity contribution in [3.8, 4) is 0 Å². The summed E-state index contributed by atoms with van der Waals surface area (Å²) in [5.74, 6) is -1.74. The molecule has 114 valence electrons. The number of rotatable bonds is 5. The first-order valence-electron chi connectivity index (χ1n) is 7.17. The highest BCUT2D eigenvalue weighted by Gasteiger charge is 2.37. The Balaban J connectivity index is 2.06. The van der Waals surface area contributed by atoms with Crippen molar-refractivity contribution in [1.82, 2.24) is 5.32 Å². The van der Waals surface area contributed by atoms with Gasteiger partial charge in [-0.2, -0.15) is 0 Å². The van der Waals surface area contributed by atoms with Crippen LogP contribution in [-0.4, -0.2) is 28.7 Å². The van der Waals surface area contributed by atoms with Crippen LogP contribution in [0.25, 0.3) is 0 Å². The number of carboxylic acids is 1. The van der Waals surface area contributed by atoms with E-state index in [2.05, 4.69) is 5.32 Å². The third-order valence-corrected chi connectivity index (χ3v) is 4.28. The fourth-order valence-corrected chi connectivity index (χ4v) is 2.83. The zero-order valence-corrected chi connectivity index (χ0v) is 12.1. The molecule has 1 aromatic rings. The lowest BCUT2D eigenvalue weighted by molar-refractivity contribution is -0.141. The topological polar surface area (TPSA) is 86.6 Å². The van der Waals surface area contributed by atoms with Gasteiger partial charge < -0.3 is 15.5 Å². The van der Waals surface area contributed by atoms with Crippen LogP contribution < -0.4 is 5.32 Å². The van der Waals surface area contributed by atoms with Crippen molar-refractivity contribution < 1.29 is 19.8 Å². The number of aliphatic hydroxyl groups is 1. The third kappa shape index (κ3) is 3.42. The molecule has 1 aromatic carbocycles. The van der Waals surface area contributed by atoms with Gasteiger partial charge >= 0.3 is 5.97 Å². The van der Waals surface area contributed by atoms with E-state index in [4.69, 9.17) is 5.11 Å². The van der Waals surface area contributed by atoms with Crippen molar-refractivity contribution in [2.45, 2.75) is 31.7 Å². The van der Waals surface area contributed by atoms with Gasteiger partial charge in [0.1, 0.15) is 0 Å². The molecule has 0 saturated heterocycles. The number of aliphatic hydroxyl groups excluding tert-OH is 1. The smallest absolute Gasteiger partial charge is 0.306 e. The summed E-state index contributed by atoms with van der Waals surface area (Å²) < 4.78 is 0. The Morgan fingerprint density at radius 2 is 1.86 bits per heavy atom. The maximum Gasteiger partial charge on any atom is 0.306 e. The van der Waals surface area contributed by atoms with Gasteiger partial charge in [0, 0.05) is 5.92 Å². The lowest BCUT2D eigenvalue weighted by atomic mass is 9.91. The minimum atomic E-state index is -0.848. The summed E-state index contributed by atoms with van der Waals surface area (Å²) in [6.07, 6.45) is 1.49. The lowest BCUT2D eigenvalue weighted by Crippen LogP contribution is -2.48. The number of carbonyl (C=O) groups excluding carboxylic acids is 1. The van der Waals surface area contributed by atoms with Crippen LogP contribution in [-0.2, 0) is 15.1 Å². The molecule has 0 heterocycles. The molecule has 5 heteroatoms. The van der Waals surface area contributed by atoms with E-state index in [1.54, 1.807) is 6.92 Å². The molecule has 5 nitrogen and oxygen atoms in total. The van der Waals surface area contributed by atoms with Crippen LogP contribution in [0.15, 0.2) is 30.3 Å². The maximum atomic E-state index is 12.3. The molecular weight excluding hydrogens is 270 g/mol. The summed E-state index contributed by atoms with van der Waals surface area (Å²) >= 11 is 0. The van der Waals surface area contributed by atoms with Gasteiger partial charge in [-0.25, -0.2) is 0 Å². The van der Waals surface area contributed by atoms with Crippen LogP contribution in [0.4, 0.5) is 0 Å². The first-order valence-corrected chi connectivity index (χ1v) is 7.17. The predicted molar refractivity (Wildman–Crippen MR) is 77.5 cm³/mol. The van der Waals surface area contributed by atoms with Crippen molar-refractivity contribution in [3.05, 3.63) is 35.9 Å². The Bertz CT molecular complexity index is 516. The summed E-state index contributed by atoms with van der Waals surface area (Å²) in [5, 5.41) is 21.5. The van der Waals surface area contributed by atoms with Crippen LogP contribution in [0.2, 0.25) is 0 Å². The van der Waals surface area contributed by atoms with Gasteiger partial charge in [-0.3, -0.25) is 9.59 Å². The third-order valence-electron chi connectivity index (χ3n) is 4.28. The Morgan fingerprint density at radius 1 is 1.24 bits per heavy atom. The predicted octanol–water partition coefficient (Wildman–Crippen LogP) is 1.51. The van der Waals surface area contributed by atoms with E-state index in [-0.39, 0.29) is 18.4 Å². The van der Waals surface area contributed by atoms with Gasteiger partial charge in [-0.1, -0.05) is 30.3 Å². The Kier molecular flexibility index (Phi) is 4.63. The highest BCUT2D eigenvalue weighted by atomic mass is 16.4. The summed E-state index contributed by atoms with van der Waals surface area (Å²) in [4.78, 5) is 23.3. The molecule has 1 amide bonds. The average Bonchev–Trinajstić information content (AvgIpc) is 2.98. The van der Waals surface area contributed by atoms with Gasteiger partial charge in [0.25, 0.3) is 0 Å². The van der Waals surface area contributed by atoms with E-state index in [0.29, 0.717) is 19.3 Å². The molecule has 3 atom stereocenters. The number of hydrogen-bond donors (Lipinski definition) is 3. The molecule has 0 aromatic heterocycles. The van der Waals surface area contributed by atoms with Crippen molar-refractivity contribution in [2.24, 2.45) is 11.8 Å². The van der Waals surface area contributed by atoms with E-state index >= 15 is 0 Å². The van der Waals surface area contributed by atoms with E-state index in [1.165, 1.54) is 0 Å². The van der Waals surface area contributed by atoms with Crippen LogP contribution >= 0.6 is 0 Å². The fraction of sp³-hybridized carbons (Fsp3) is 0.500. The first kappa shape index (κ1) is 15.5. The zero-order chi connectivity index (χ0) is 15.5.